The second-order valence-electron chi connectivity index (χ2n) is 5.28. The van der Waals surface area contributed by atoms with E-state index in [4.69, 9.17) is 4.42 Å². The van der Waals surface area contributed by atoms with Crippen molar-refractivity contribution in [1.82, 2.24) is 19.9 Å². The Kier molecular flexibility index (Phi) is 4.68. The summed E-state index contributed by atoms with van der Waals surface area (Å²) in [6, 6.07) is 12.7. The molecule has 0 unspecified atom stereocenters. The van der Waals surface area contributed by atoms with Crippen molar-refractivity contribution >= 4 is 10.0 Å². The first kappa shape index (κ1) is 16.3. The molecule has 0 atom stereocenters. The predicted molar refractivity (Wildman–Crippen MR) is 88.2 cm³/mol. The molecule has 2 aromatic heterocycles. The summed E-state index contributed by atoms with van der Waals surface area (Å²) in [5, 5.41) is 7.70. The van der Waals surface area contributed by atoms with Gasteiger partial charge in [0, 0.05) is 6.20 Å². The van der Waals surface area contributed by atoms with Crippen molar-refractivity contribution in [3.8, 4) is 11.6 Å². The van der Waals surface area contributed by atoms with Crippen molar-refractivity contribution in [2.45, 2.75) is 19.2 Å². The lowest BCUT2D eigenvalue weighted by Gasteiger charge is -2.05. The van der Waals surface area contributed by atoms with E-state index in [1.54, 1.807) is 36.5 Å². The van der Waals surface area contributed by atoms with Crippen molar-refractivity contribution in [2.24, 2.45) is 0 Å². The molecule has 1 N–H and O–H groups in total. The number of rotatable bonds is 6. The fourth-order valence-corrected chi connectivity index (χ4v) is 3.12. The van der Waals surface area contributed by atoms with E-state index in [-0.39, 0.29) is 24.1 Å². The number of aromatic nitrogens is 3. The zero-order valence-electron chi connectivity index (χ0n) is 13.0. The van der Waals surface area contributed by atoms with Gasteiger partial charge >= 0.3 is 0 Å². The van der Waals surface area contributed by atoms with Gasteiger partial charge in [-0.3, -0.25) is 4.98 Å². The van der Waals surface area contributed by atoms with Crippen LogP contribution in [0.4, 0.5) is 0 Å². The van der Waals surface area contributed by atoms with Crippen LogP contribution in [0.1, 0.15) is 17.0 Å². The van der Waals surface area contributed by atoms with Gasteiger partial charge in [-0.05, 0) is 24.6 Å². The zero-order valence-corrected chi connectivity index (χ0v) is 13.8. The number of nitrogens with zero attached hydrogens (tertiary/aromatic N) is 3. The molecule has 2 heterocycles. The minimum atomic E-state index is -3.49. The van der Waals surface area contributed by atoms with Crippen LogP contribution in [0.2, 0.25) is 0 Å². The van der Waals surface area contributed by atoms with Crippen molar-refractivity contribution in [2.75, 3.05) is 0 Å². The fraction of sp³-hybridized carbons (Fsp3) is 0.188. The van der Waals surface area contributed by atoms with Crippen molar-refractivity contribution in [3.05, 3.63) is 65.7 Å². The number of benzene rings is 1. The van der Waals surface area contributed by atoms with E-state index in [2.05, 4.69) is 19.9 Å². The Balaban J connectivity index is 1.63. The monoisotopic (exact) mass is 344 g/mol. The van der Waals surface area contributed by atoms with Gasteiger partial charge in [0.25, 0.3) is 5.89 Å². The van der Waals surface area contributed by atoms with Crippen molar-refractivity contribution in [1.29, 1.82) is 0 Å². The molecule has 0 saturated carbocycles. The van der Waals surface area contributed by atoms with Crippen LogP contribution < -0.4 is 4.72 Å². The summed E-state index contributed by atoms with van der Waals surface area (Å²) < 4.78 is 32.1. The van der Waals surface area contributed by atoms with Gasteiger partial charge in [0.15, 0.2) is 0 Å². The maximum absolute atomic E-state index is 12.1. The van der Waals surface area contributed by atoms with Gasteiger partial charge in [0.05, 0.1) is 12.3 Å². The molecule has 3 rings (SSSR count). The quantitative estimate of drug-likeness (QED) is 0.735. The van der Waals surface area contributed by atoms with E-state index in [1.807, 2.05) is 19.1 Å². The highest BCUT2D eigenvalue weighted by molar-refractivity contribution is 7.88. The first-order valence-electron chi connectivity index (χ1n) is 7.28. The Morgan fingerprint density at radius 2 is 1.88 bits per heavy atom. The Hall–Kier alpha value is -2.58. The third-order valence-corrected chi connectivity index (χ3v) is 4.57. The van der Waals surface area contributed by atoms with Crippen LogP contribution in [0.15, 0.2) is 53.1 Å². The van der Waals surface area contributed by atoms with Gasteiger partial charge in [0.2, 0.25) is 15.9 Å². The van der Waals surface area contributed by atoms with Crippen LogP contribution >= 0.6 is 0 Å². The highest BCUT2D eigenvalue weighted by Crippen LogP contribution is 2.14. The van der Waals surface area contributed by atoms with Crippen molar-refractivity contribution in [3.63, 3.8) is 0 Å². The number of nitrogens with one attached hydrogen (secondary N) is 1. The second kappa shape index (κ2) is 6.90. The Morgan fingerprint density at radius 1 is 1.08 bits per heavy atom. The van der Waals surface area contributed by atoms with Gasteiger partial charge in [-0.1, -0.05) is 35.9 Å². The molecule has 0 saturated heterocycles. The molecular weight excluding hydrogens is 328 g/mol. The lowest BCUT2D eigenvalue weighted by atomic mass is 10.2. The van der Waals surface area contributed by atoms with E-state index < -0.39 is 10.0 Å². The van der Waals surface area contributed by atoms with Gasteiger partial charge in [-0.15, -0.1) is 10.2 Å². The standard InChI is InChI=1S/C16H16N4O3S/c1-12-5-7-13(8-6-12)11-24(21,22)18-10-15-19-20-16(23-15)14-4-2-3-9-17-14/h2-9,18H,10-11H2,1H3. The lowest BCUT2D eigenvalue weighted by molar-refractivity contribution is 0.493. The van der Waals surface area contributed by atoms with Crippen LogP contribution in [0.25, 0.3) is 11.6 Å². The predicted octanol–water partition coefficient (Wildman–Crippen LogP) is 2.06. The third-order valence-electron chi connectivity index (χ3n) is 3.27. The molecule has 0 aliphatic rings. The number of hydrogen-bond acceptors (Lipinski definition) is 6. The highest BCUT2D eigenvalue weighted by Gasteiger charge is 2.15. The van der Waals surface area contributed by atoms with Crippen LogP contribution in [-0.4, -0.2) is 23.6 Å². The molecule has 0 fully saturated rings. The van der Waals surface area contributed by atoms with Gasteiger partial charge in [-0.2, -0.15) is 0 Å². The van der Waals surface area contributed by atoms with Crippen LogP contribution in [0.3, 0.4) is 0 Å². The summed E-state index contributed by atoms with van der Waals surface area (Å²) in [5.74, 6) is 0.334. The van der Waals surface area contributed by atoms with Crippen LogP contribution in [-0.2, 0) is 22.3 Å². The largest absolute Gasteiger partial charge is 0.418 e. The first-order chi connectivity index (χ1) is 11.5. The van der Waals surface area contributed by atoms with E-state index in [9.17, 15) is 8.42 Å². The molecule has 3 aromatic rings. The first-order valence-corrected chi connectivity index (χ1v) is 8.94. The molecule has 0 radical (unpaired) electrons. The molecule has 7 nitrogen and oxygen atoms in total. The topological polar surface area (TPSA) is 98.0 Å². The van der Waals surface area contributed by atoms with E-state index >= 15 is 0 Å². The molecular formula is C16H16N4O3S. The SMILES string of the molecule is Cc1ccc(CS(=O)(=O)NCc2nnc(-c3ccccn3)o2)cc1. The smallest absolute Gasteiger partial charge is 0.266 e. The number of sulfonamides is 1. The molecule has 0 bridgehead atoms. The Bertz CT molecular complexity index is 906. The summed E-state index contributed by atoms with van der Waals surface area (Å²) in [4.78, 5) is 4.10. The molecule has 0 aliphatic carbocycles. The van der Waals surface area contributed by atoms with Crippen LogP contribution in [0, 0.1) is 6.92 Å². The highest BCUT2D eigenvalue weighted by atomic mass is 32.2. The minimum absolute atomic E-state index is 0.0615. The number of hydrogen-bond donors (Lipinski definition) is 1. The van der Waals surface area contributed by atoms with E-state index in [0.717, 1.165) is 5.56 Å². The minimum Gasteiger partial charge on any atom is -0.418 e. The summed E-state index contributed by atoms with van der Waals surface area (Å²) in [6.45, 7) is 1.89. The summed E-state index contributed by atoms with van der Waals surface area (Å²) in [7, 11) is -3.49. The van der Waals surface area contributed by atoms with Gasteiger partial charge in [-0.25, -0.2) is 13.1 Å². The molecule has 24 heavy (non-hydrogen) atoms. The summed E-state index contributed by atoms with van der Waals surface area (Å²) in [6.07, 6.45) is 1.61. The van der Waals surface area contributed by atoms with Gasteiger partial charge in [0.1, 0.15) is 5.69 Å². The van der Waals surface area contributed by atoms with Gasteiger partial charge < -0.3 is 4.42 Å². The Morgan fingerprint density at radius 3 is 2.58 bits per heavy atom. The molecule has 0 spiro atoms. The number of pyridine rings is 1. The van der Waals surface area contributed by atoms with Crippen molar-refractivity contribution < 1.29 is 12.8 Å². The molecule has 8 heteroatoms. The van der Waals surface area contributed by atoms with Crippen LogP contribution in [0.5, 0.6) is 0 Å². The number of aryl methyl sites for hydroxylation is 1. The molecule has 1 aromatic carbocycles. The van der Waals surface area contributed by atoms with E-state index in [1.165, 1.54) is 0 Å². The molecule has 124 valence electrons. The lowest BCUT2D eigenvalue weighted by Crippen LogP contribution is -2.24. The summed E-state index contributed by atoms with van der Waals surface area (Å²) in [5.41, 5.74) is 2.34. The Labute approximate surface area is 139 Å². The fourth-order valence-electron chi connectivity index (χ4n) is 2.04. The zero-order chi connectivity index (χ0) is 17.0. The average molecular weight is 344 g/mol. The normalized spacial score (nSPS) is 11.5. The maximum atomic E-state index is 12.1. The maximum Gasteiger partial charge on any atom is 0.266 e. The van der Waals surface area contributed by atoms with E-state index in [0.29, 0.717) is 11.3 Å². The molecule has 0 amide bonds. The summed E-state index contributed by atoms with van der Waals surface area (Å²) >= 11 is 0. The average Bonchev–Trinajstić information content (AvgIpc) is 3.05. The molecule has 0 aliphatic heterocycles. The second-order valence-corrected chi connectivity index (χ2v) is 7.09. The third kappa shape index (κ3) is 4.24.